The number of nitrogens with one attached hydrogen (secondary N) is 1. The van der Waals surface area contributed by atoms with Gasteiger partial charge in [-0.25, -0.2) is 4.79 Å². The van der Waals surface area contributed by atoms with Gasteiger partial charge in [-0.15, -0.1) is 0 Å². The average molecular weight is 278 g/mol. The second-order valence-corrected chi connectivity index (χ2v) is 4.67. The van der Waals surface area contributed by atoms with Gasteiger partial charge in [-0.05, 0) is 17.7 Å². The highest BCUT2D eigenvalue weighted by Gasteiger charge is 2.06. The fraction of sp³-hybridized carbons (Fsp3) is 0.167. The largest absolute Gasteiger partial charge is 0.327 e. The van der Waals surface area contributed by atoms with E-state index in [0.717, 1.165) is 11.1 Å². The van der Waals surface area contributed by atoms with E-state index in [1.807, 2.05) is 60.7 Å². The third kappa shape index (κ3) is 5.04. The quantitative estimate of drug-likeness (QED) is 0.860. The van der Waals surface area contributed by atoms with Gasteiger partial charge < -0.3 is 10.2 Å². The van der Waals surface area contributed by atoms with E-state index in [1.54, 1.807) is 11.9 Å². The van der Waals surface area contributed by atoms with Gasteiger partial charge in [-0.3, -0.25) is 0 Å². The third-order valence-corrected chi connectivity index (χ3v) is 2.94. The standard InChI is InChI=1S/C18H18N2O/c1-20(15-17-11-6-3-7-12-17)18(21)19-14-8-13-16-9-4-2-5-10-16/h2-7,9-12H,14-15H2,1H3,(H,19,21). The van der Waals surface area contributed by atoms with Crippen LogP contribution in [0.1, 0.15) is 11.1 Å². The molecule has 0 aliphatic carbocycles. The first-order chi connectivity index (χ1) is 10.3. The van der Waals surface area contributed by atoms with Crippen molar-refractivity contribution < 1.29 is 4.79 Å². The maximum absolute atomic E-state index is 11.9. The van der Waals surface area contributed by atoms with Gasteiger partial charge in [0.15, 0.2) is 0 Å². The van der Waals surface area contributed by atoms with E-state index in [0.29, 0.717) is 13.1 Å². The SMILES string of the molecule is CN(Cc1ccccc1)C(=O)NCC#Cc1ccccc1. The summed E-state index contributed by atoms with van der Waals surface area (Å²) in [5.41, 5.74) is 2.05. The van der Waals surface area contributed by atoms with Crippen molar-refractivity contribution in [1.29, 1.82) is 0 Å². The van der Waals surface area contributed by atoms with E-state index in [2.05, 4.69) is 17.2 Å². The molecule has 0 saturated carbocycles. The van der Waals surface area contributed by atoms with Gasteiger partial charge in [-0.1, -0.05) is 60.4 Å². The molecule has 2 aromatic carbocycles. The minimum Gasteiger partial charge on any atom is -0.327 e. The molecule has 0 fully saturated rings. The molecule has 0 atom stereocenters. The Hall–Kier alpha value is -2.73. The predicted molar refractivity (Wildman–Crippen MR) is 84.6 cm³/mol. The van der Waals surface area contributed by atoms with E-state index >= 15 is 0 Å². The van der Waals surface area contributed by atoms with Crippen LogP contribution in [0.4, 0.5) is 4.79 Å². The highest BCUT2D eigenvalue weighted by Crippen LogP contribution is 2.02. The molecule has 3 heteroatoms. The van der Waals surface area contributed by atoms with Crippen LogP contribution in [0.5, 0.6) is 0 Å². The molecule has 3 nitrogen and oxygen atoms in total. The maximum atomic E-state index is 11.9. The van der Waals surface area contributed by atoms with Crippen LogP contribution in [0.3, 0.4) is 0 Å². The molecular formula is C18H18N2O. The van der Waals surface area contributed by atoms with E-state index in [-0.39, 0.29) is 6.03 Å². The number of carbonyl (C=O) groups excluding carboxylic acids is 1. The van der Waals surface area contributed by atoms with Crippen LogP contribution in [-0.4, -0.2) is 24.5 Å². The van der Waals surface area contributed by atoms with Crippen molar-refractivity contribution >= 4 is 6.03 Å². The number of nitrogens with zero attached hydrogens (tertiary/aromatic N) is 1. The number of amides is 2. The highest BCUT2D eigenvalue weighted by atomic mass is 16.2. The molecule has 106 valence electrons. The lowest BCUT2D eigenvalue weighted by Gasteiger charge is -2.17. The van der Waals surface area contributed by atoms with Gasteiger partial charge in [-0.2, -0.15) is 0 Å². The van der Waals surface area contributed by atoms with Crippen molar-refractivity contribution in [2.75, 3.05) is 13.6 Å². The Balaban J connectivity index is 1.78. The molecule has 0 radical (unpaired) electrons. The van der Waals surface area contributed by atoms with Gasteiger partial charge in [0.1, 0.15) is 0 Å². The van der Waals surface area contributed by atoms with Gasteiger partial charge >= 0.3 is 6.03 Å². The molecule has 1 N–H and O–H groups in total. The lowest BCUT2D eigenvalue weighted by atomic mass is 10.2. The molecule has 0 heterocycles. The number of urea groups is 1. The van der Waals surface area contributed by atoms with Crippen LogP contribution < -0.4 is 5.32 Å². The Morgan fingerprint density at radius 2 is 1.67 bits per heavy atom. The van der Waals surface area contributed by atoms with Crippen LogP contribution >= 0.6 is 0 Å². The monoisotopic (exact) mass is 278 g/mol. The van der Waals surface area contributed by atoms with Gasteiger partial charge in [0.05, 0.1) is 6.54 Å². The van der Waals surface area contributed by atoms with E-state index < -0.39 is 0 Å². The van der Waals surface area contributed by atoms with Gasteiger partial charge in [0.25, 0.3) is 0 Å². The third-order valence-electron chi connectivity index (χ3n) is 2.94. The maximum Gasteiger partial charge on any atom is 0.318 e. The summed E-state index contributed by atoms with van der Waals surface area (Å²) in [6, 6.07) is 19.5. The fourth-order valence-corrected chi connectivity index (χ4v) is 1.85. The highest BCUT2D eigenvalue weighted by molar-refractivity contribution is 5.74. The molecule has 2 amide bonds. The Kier molecular flexibility index (Phi) is 5.42. The summed E-state index contributed by atoms with van der Waals surface area (Å²) in [7, 11) is 1.77. The molecule has 21 heavy (non-hydrogen) atoms. The fourth-order valence-electron chi connectivity index (χ4n) is 1.85. The van der Waals surface area contributed by atoms with Crippen molar-refractivity contribution in [3.8, 4) is 11.8 Å². The molecule has 0 saturated heterocycles. The molecule has 2 aromatic rings. The Labute approximate surface area is 125 Å². The second kappa shape index (κ2) is 7.76. The lowest BCUT2D eigenvalue weighted by molar-refractivity contribution is 0.208. The number of carbonyl (C=O) groups is 1. The zero-order valence-corrected chi connectivity index (χ0v) is 12.0. The average Bonchev–Trinajstić information content (AvgIpc) is 2.53. The van der Waals surface area contributed by atoms with Crippen LogP contribution in [0, 0.1) is 11.8 Å². The summed E-state index contributed by atoms with van der Waals surface area (Å²) < 4.78 is 0. The van der Waals surface area contributed by atoms with Crippen LogP contribution in [0.25, 0.3) is 0 Å². The summed E-state index contributed by atoms with van der Waals surface area (Å²) in [6.45, 7) is 0.922. The van der Waals surface area contributed by atoms with Gasteiger partial charge in [0, 0.05) is 19.2 Å². The first-order valence-corrected chi connectivity index (χ1v) is 6.82. The van der Waals surface area contributed by atoms with Crippen LogP contribution in [-0.2, 0) is 6.54 Å². The Bertz CT molecular complexity index is 627. The Morgan fingerprint density at radius 3 is 2.33 bits per heavy atom. The summed E-state index contributed by atoms with van der Waals surface area (Å²) in [6.07, 6.45) is 0. The number of rotatable bonds is 3. The molecule has 0 aromatic heterocycles. The van der Waals surface area contributed by atoms with Crippen molar-refractivity contribution in [1.82, 2.24) is 10.2 Å². The van der Waals surface area contributed by atoms with E-state index in [9.17, 15) is 4.79 Å². The summed E-state index contributed by atoms with van der Waals surface area (Å²) in [4.78, 5) is 13.5. The van der Waals surface area contributed by atoms with Crippen molar-refractivity contribution in [2.45, 2.75) is 6.54 Å². The zero-order valence-electron chi connectivity index (χ0n) is 12.0. The summed E-state index contributed by atoms with van der Waals surface area (Å²) in [5.74, 6) is 5.95. The first-order valence-electron chi connectivity index (χ1n) is 6.82. The minimum absolute atomic E-state index is 0.124. The zero-order chi connectivity index (χ0) is 14.9. The van der Waals surface area contributed by atoms with Crippen molar-refractivity contribution in [3.05, 3.63) is 71.8 Å². The summed E-state index contributed by atoms with van der Waals surface area (Å²) >= 11 is 0. The molecule has 0 aliphatic rings. The smallest absolute Gasteiger partial charge is 0.318 e. The number of benzene rings is 2. The second-order valence-electron chi connectivity index (χ2n) is 4.67. The molecule has 0 unspecified atom stereocenters. The number of hydrogen-bond acceptors (Lipinski definition) is 1. The van der Waals surface area contributed by atoms with Gasteiger partial charge in [0.2, 0.25) is 0 Å². The summed E-state index contributed by atoms with van der Waals surface area (Å²) in [5, 5.41) is 2.79. The Morgan fingerprint density at radius 1 is 1.05 bits per heavy atom. The minimum atomic E-state index is -0.124. The molecule has 0 aliphatic heterocycles. The first kappa shape index (κ1) is 14.7. The van der Waals surface area contributed by atoms with Crippen molar-refractivity contribution in [2.24, 2.45) is 0 Å². The van der Waals surface area contributed by atoms with E-state index in [1.165, 1.54) is 0 Å². The molecule has 0 spiro atoms. The molecule has 0 bridgehead atoms. The molecular weight excluding hydrogens is 260 g/mol. The predicted octanol–water partition coefficient (Wildman–Crippen LogP) is 2.88. The van der Waals surface area contributed by atoms with Crippen molar-refractivity contribution in [3.63, 3.8) is 0 Å². The van der Waals surface area contributed by atoms with Crippen LogP contribution in [0.15, 0.2) is 60.7 Å². The van der Waals surface area contributed by atoms with Crippen LogP contribution in [0.2, 0.25) is 0 Å². The normalized spacial score (nSPS) is 9.38. The van der Waals surface area contributed by atoms with E-state index in [4.69, 9.17) is 0 Å². The number of hydrogen-bond donors (Lipinski definition) is 1. The topological polar surface area (TPSA) is 32.3 Å². The molecule has 2 rings (SSSR count). The lowest BCUT2D eigenvalue weighted by Crippen LogP contribution is -2.36.